The number of aromatic nitrogens is 1. The van der Waals surface area contributed by atoms with Gasteiger partial charge in [-0.05, 0) is 54.2 Å². The van der Waals surface area contributed by atoms with E-state index in [0.717, 1.165) is 18.1 Å². The molecule has 282 valence electrons. The SMILES string of the molecule is COC(=O)[C@@H]1COc2ccc(cc2)C(CC(=O)Nc2cccc3cccnc23)CCCCC(=O)NCC(=O)N[C@H](C(=O)OCc2ccccc2)CC(=O)N1. The second-order valence-electron chi connectivity index (χ2n) is 12.8. The number of nitrogens with one attached hydrogen (secondary N) is 4. The van der Waals surface area contributed by atoms with E-state index in [1.165, 1.54) is 0 Å². The zero-order chi connectivity index (χ0) is 38.3. The Bertz CT molecular complexity index is 1930. The fourth-order valence-corrected chi connectivity index (χ4v) is 5.99. The molecule has 0 spiro atoms. The van der Waals surface area contributed by atoms with Crippen molar-refractivity contribution in [3.8, 4) is 5.75 Å². The van der Waals surface area contributed by atoms with Crippen molar-refractivity contribution >= 4 is 52.2 Å². The summed E-state index contributed by atoms with van der Waals surface area (Å²) in [5.41, 5.74) is 2.85. The first-order valence-corrected chi connectivity index (χ1v) is 17.7. The summed E-state index contributed by atoms with van der Waals surface area (Å²) in [4.78, 5) is 82.2. The Morgan fingerprint density at radius 1 is 0.833 bits per heavy atom. The number of pyridine rings is 1. The lowest BCUT2D eigenvalue weighted by Gasteiger charge is -2.21. The number of ether oxygens (including phenoxy) is 3. The van der Waals surface area contributed by atoms with Gasteiger partial charge in [0.05, 0.1) is 31.3 Å². The van der Waals surface area contributed by atoms with E-state index in [2.05, 4.69) is 26.3 Å². The number of carbonyl (C=O) groups excluding carboxylic acids is 6. The van der Waals surface area contributed by atoms with E-state index in [1.807, 2.05) is 36.4 Å². The summed E-state index contributed by atoms with van der Waals surface area (Å²) in [5, 5.41) is 11.4. The number of para-hydroxylation sites is 1. The molecule has 14 nitrogen and oxygen atoms in total. The lowest BCUT2D eigenvalue weighted by atomic mass is 9.90. The third-order valence-electron chi connectivity index (χ3n) is 8.81. The Morgan fingerprint density at radius 3 is 2.37 bits per heavy atom. The summed E-state index contributed by atoms with van der Waals surface area (Å²) >= 11 is 0. The smallest absolute Gasteiger partial charge is 0.331 e. The summed E-state index contributed by atoms with van der Waals surface area (Å²) in [6, 6.07) is 22.6. The molecule has 2 bridgehead atoms. The monoisotopic (exact) mass is 737 g/mol. The van der Waals surface area contributed by atoms with E-state index >= 15 is 0 Å². The van der Waals surface area contributed by atoms with E-state index in [1.54, 1.807) is 54.7 Å². The van der Waals surface area contributed by atoms with Gasteiger partial charge in [0.25, 0.3) is 0 Å². The molecule has 6 rings (SSSR count). The van der Waals surface area contributed by atoms with Crippen molar-refractivity contribution in [2.45, 2.75) is 63.1 Å². The van der Waals surface area contributed by atoms with Gasteiger partial charge in [-0.15, -0.1) is 0 Å². The number of methoxy groups -OCH3 is 1. The van der Waals surface area contributed by atoms with Crippen LogP contribution in [0.2, 0.25) is 0 Å². The van der Waals surface area contributed by atoms with Gasteiger partial charge in [-0.1, -0.05) is 67.1 Å². The number of nitrogens with zero attached hydrogens (tertiary/aromatic N) is 1. The van der Waals surface area contributed by atoms with Gasteiger partial charge in [-0.2, -0.15) is 0 Å². The van der Waals surface area contributed by atoms with E-state index in [-0.39, 0.29) is 43.8 Å². The van der Waals surface area contributed by atoms with E-state index in [9.17, 15) is 28.8 Å². The zero-order valence-corrected chi connectivity index (χ0v) is 29.9. The molecule has 2 aliphatic heterocycles. The van der Waals surface area contributed by atoms with Gasteiger partial charge in [0.1, 0.15) is 25.0 Å². The van der Waals surface area contributed by atoms with Crippen LogP contribution in [0, 0.1) is 0 Å². The Morgan fingerprint density at radius 2 is 1.59 bits per heavy atom. The lowest BCUT2D eigenvalue weighted by Crippen LogP contribution is -2.51. The third kappa shape index (κ3) is 11.6. The molecule has 3 heterocycles. The molecule has 2 aliphatic rings. The predicted octanol–water partition coefficient (Wildman–Crippen LogP) is 3.69. The van der Waals surface area contributed by atoms with Crippen LogP contribution in [0.15, 0.2) is 91.1 Å². The van der Waals surface area contributed by atoms with Crippen LogP contribution in [-0.2, 0) is 44.8 Å². The number of hydrogen-bond acceptors (Lipinski definition) is 10. The van der Waals surface area contributed by atoms with Gasteiger partial charge >= 0.3 is 11.9 Å². The van der Waals surface area contributed by atoms with E-state index < -0.39 is 48.8 Å². The molecule has 4 N–H and O–H groups in total. The molecule has 54 heavy (non-hydrogen) atoms. The maximum absolute atomic E-state index is 13.4. The van der Waals surface area contributed by atoms with Crippen molar-refractivity contribution in [3.05, 3.63) is 102 Å². The summed E-state index contributed by atoms with van der Waals surface area (Å²) in [6.07, 6.45) is 3.06. The lowest BCUT2D eigenvalue weighted by molar-refractivity contribution is -0.151. The minimum absolute atomic E-state index is 0.102. The van der Waals surface area contributed by atoms with Crippen LogP contribution < -0.4 is 26.0 Å². The number of anilines is 1. The number of carbonyl (C=O) groups is 6. The first-order valence-electron chi connectivity index (χ1n) is 17.7. The zero-order valence-electron chi connectivity index (χ0n) is 29.9. The van der Waals surface area contributed by atoms with Crippen LogP contribution in [0.3, 0.4) is 0 Å². The third-order valence-corrected chi connectivity index (χ3v) is 8.81. The Hall–Kier alpha value is -6.31. The molecule has 0 radical (unpaired) electrons. The maximum Gasteiger partial charge on any atom is 0.331 e. The molecule has 4 aromatic rings. The highest BCUT2D eigenvalue weighted by Crippen LogP contribution is 2.29. The quantitative estimate of drug-likeness (QED) is 0.204. The average molecular weight is 738 g/mol. The summed E-state index contributed by atoms with van der Waals surface area (Å²) < 4.78 is 16.1. The summed E-state index contributed by atoms with van der Waals surface area (Å²) in [5.74, 6) is -3.55. The molecule has 3 atom stereocenters. The van der Waals surface area contributed by atoms with Crippen LogP contribution in [0.1, 0.15) is 55.6 Å². The van der Waals surface area contributed by atoms with Gasteiger partial charge in [0.2, 0.25) is 23.6 Å². The number of rotatable bonds is 7. The highest BCUT2D eigenvalue weighted by Gasteiger charge is 2.29. The highest BCUT2D eigenvalue weighted by atomic mass is 16.5. The largest absolute Gasteiger partial charge is 0.491 e. The van der Waals surface area contributed by atoms with Crippen molar-refractivity contribution < 1.29 is 43.0 Å². The van der Waals surface area contributed by atoms with Crippen LogP contribution >= 0.6 is 0 Å². The number of amides is 4. The molecular weight excluding hydrogens is 694 g/mol. The van der Waals surface area contributed by atoms with Gasteiger partial charge in [-0.25, -0.2) is 9.59 Å². The first kappa shape index (κ1) is 38.9. The topological polar surface area (TPSA) is 191 Å². The Labute approximate surface area is 312 Å². The minimum atomic E-state index is -1.43. The van der Waals surface area contributed by atoms with Gasteiger partial charge in [-0.3, -0.25) is 24.2 Å². The number of hydrogen-bond donors (Lipinski definition) is 4. The molecule has 1 aromatic heterocycles. The van der Waals surface area contributed by atoms with Crippen LogP contribution in [-0.4, -0.2) is 72.9 Å². The van der Waals surface area contributed by atoms with Gasteiger partial charge < -0.3 is 35.5 Å². The average Bonchev–Trinajstić information content (AvgIpc) is 3.18. The minimum Gasteiger partial charge on any atom is -0.491 e. The Kier molecular flexibility index (Phi) is 14.1. The van der Waals surface area contributed by atoms with Crippen molar-refractivity contribution in [1.82, 2.24) is 20.9 Å². The van der Waals surface area contributed by atoms with E-state index in [0.29, 0.717) is 41.8 Å². The van der Waals surface area contributed by atoms with Crippen molar-refractivity contribution in [2.75, 3.05) is 25.6 Å². The van der Waals surface area contributed by atoms with Crippen LogP contribution in [0.5, 0.6) is 5.75 Å². The van der Waals surface area contributed by atoms with Crippen molar-refractivity contribution in [3.63, 3.8) is 0 Å². The molecule has 0 fully saturated rings. The number of fused-ring (bicyclic) bond motifs is 19. The first-order chi connectivity index (χ1) is 26.2. The summed E-state index contributed by atoms with van der Waals surface area (Å²) in [7, 11) is 1.16. The number of benzene rings is 3. The second kappa shape index (κ2) is 19.5. The molecule has 1 unspecified atom stereocenters. The standard InChI is InChI=1S/C40H43N5O9/c1-52-39(50)33-25-53-30-18-16-27(17-19-30)29(21-35(47)43-31-14-7-12-28-13-8-20-41-38(28)31)11-5-6-15-34(46)42-23-37(49)44-32(22-36(48)45-33)40(51)54-24-26-9-3-2-4-10-26/h2-4,7-10,12-14,16-20,29,32-33H,5-6,11,15,21-25H2,1H3,(H,42,46)(H,43,47)(H,44,49)(H,45,48)/t29?,32-,33-/m0/s1. The van der Waals surface area contributed by atoms with Crippen molar-refractivity contribution in [2.24, 2.45) is 0 Å². The number of esters is 2. The van der Waals surface area contributed by atoms with Crippen LogP contribution in [0.25, 0.3) is 10.9 Å². The van der Waals surface area contributed by atoms with Gasteiger partial charge in [0.15, 0.2) is 6.04 Å². The predicted molar refractivity (Wildman–Crippen MR) is 198 cm³/mol. The molecule has 3 aromatic carbocycles. The van der Waals surface area contributed by atoms with E-state index in [4.69, 9.17) is 14.2 Å². The normalized spacial score (nSPS) is 18.8. The van der Waals surface area contributed by atoms with Crippen LogP contribution in [0.4, 0.5) is 5.69 Å². The second-order valence-corrected chi connectivity index (χ2v) is 12.8. The molecule has 0 saturated heterocycles. The summed E-state index contributed by atoms with van der Waals surface area (Å²) in [6.45, 7) is -0.849. The molecular formula is C40H43N5O9. The molecule has 4 amide bonds. The fraction of sp³-hybridized carbons (Fsp3) is 0.325. The molecule has 0 aliphatic carbocycles. The molecule has 0 saturated carbocycles. The van der Waals surface area contributed by atoms with Crippen molar-refractivity contribution in [1.29, 1.82) is 0 Å². The van der Waals surface area contributed by atoms with Gasteiger partial charge in [0, 0.05) is 24.4 Å². The highest BCUT2D eigenvalue weighted by molar-refractivity contribution is 6.00. The fourth-order valence-electron chi connectivity index (χ4n) is 5.99. The maximum atomic E-state index is 13.4. The molecule has 14 heteroatoms. The Balaban J connectivity index is 1.30.